The SMILES string of the molecule is COc1cc(NC(=O)C2CCCN(Cc3ccccc3)C2)ccc1NC(=O)c1cccnc1. The van der Waals surface area contributed by atoms with Gasteiger partial charge in [0.1, 0.15) is 5.75 Å². The molecule has 7 heteroatoms. The van der Waals surface area contributed by atoms with E-state index in [-0.39, 0.29) is 17.7 Å². The third kappa shape index (κ3) is 5.96. The van der Waals surface area contributed by atoms with Gasteiger partial charge >= 0.3 is 0 Å². The number of rotatable bonds is 7. The van der Waals surface area contributed by atoms with Gasteiger partial charge in [0.05, 0.1) is 24.3 Å². The summed E-state index contributed by atoms with van der Waals surface area (Å²) >= 11 is 0. The van der Waals surface area contributed by atoms with Gasteiger partial charge in [0.2, 0.25) is 5.91 Å². The molecule has 1 fully saturated rings. The molecular weight excluding hydrogens is 416 g/mol. The van der Waals surface area contributed by atoms with Gasteiger partial charge in [-0.25, -0.2) is 0 Å². The summed E-state index contributed by atoms with van der Waals surface area (Å²) in [5, 5.41) is 5.84. The molecule has 7 nitrogen and oxygen atoms in total. The molecule has 2 aromatic carbocycles. The van der Waals surface area contributed by atoms with Gasteiger partial charge in [0.25, 0.3) is 5.91 Å². The number of carbonyl (C=O) groups excluding carboxylic acids is 2. The highest BCUT2D eigenvalue weighted by Gasteiger charge is 2.26. The minimum Gasteiger partial charge on any atom is -0.494 e. The van der Waals surface area contributed by atoms with Crippen molar-refractivity contribution in [3.05, 3.63) is 84.2 Å². The van der Waals surface area contributed by atoms with Gasteiger partial charge in [0, 0.05) is 37.2 Å². The number of nitrogens with zero attached hydrogens (tertiary/aromatic N) is 2. The summed E-state index contributed by atoms with van der Waals surface area (Å²) in [6, 6.07) is 18.9. The van der Waals surface area contributed by atoms with Crippen LogP contribution in [0, 0.1) is 5.92 Å². The lowest BCUT2D eigenvalue weighted by atomic mass is 9.96. The fraction of sp³-hybridized carbons (Fsp3) is 0.269. The molecule has 1 atom stereocenters. The average Bonchev–Trinajstić information content (AvgIpc) is 2.86. The lowest BCUT2D eigenvalue weighted by Crippen LogP contribution is -2.40. The summed E-state index contributed by atoms with van der Waals surface area (Å²) in [5.74, 6) is 0.124. The minimum absolute atomic E-state index is 0.00182. The van der Waals surface area contributed by atoms with Crippen molar-refractivity contribution >= 4 is 23.2 Å². The summed E-state index contributed by atoms with van der Waals surface area (Å²) in [6.45, 7) is 2.58. The van der Waals surface area contributed by atoms with Gasteiger partial charge in [-0.1, -0.05) is 30.3 Å². The van der Waals surface area contributed by atoms with Crippen LogP contribution >= 0.6 is 0 Å². The number of likely N-dealkylation sites (tertiary alicyclic amines) is 1. The molecule has 2 amide bonds. The van der Waals surface area contributed by atoms with E-state index < -0.39 is 0 Å². The molecule has 0 bridgehead atoms. The van der Waals surface area contributed by atoms with E-state index in [4.69, 9.17) is 4.74 Å². The van der Waals surface area contributed by atoms with Crippen LogP contribution in [0.25, 0.3) is 0 Å². The molecule has 170 valence electrons. The van der Waals surface area contributed by atoms with Crippen molar-refractivity contribution < 1.29 is 14.3 Å². The molecule has 0 aliphatic carbocycles. The normalized spacial score (nSPS) is 16.1. The van der Waals surface area contributed by atoms with Crippen molar-refractivity contribution in [2.24, 2.45) is 5.92 Å². The summed E-state index contributed by atoms with van der Waals surface area (Å²) in [5.41, 5.74) is 2.87. The Kier molecular flexibility index (Phi) is 7.32. The topological polar surface area (TPSA) is 83.6 Å². The monoisotopic (exact) mass is 444 g/mol. The fourth-order valence-electron chi connectivity index (χ4n) is 4.06. The maximum Gasteiger partial charge on any atom is 0.257 e. The predicted octanol–water partition coefficient (Wildman–Crippen LogP) is 4.19. The highest BCUT2D eigenvalue weighted by Crippen LogP contribution is 2.29. The Morgan fingerprint density at radius 3 is 2.70 bits per heavy atom. The third-order valence-electron chi connectivity index (χ3n) is 5.77. The second kappa shape index (κ2) is 10.7. The zero-order valence-corrected chi connectivity index (χ0v) is 18.7. The fourth-order valence-corrected chi connectivity index (χ4v) is 4.06. The van der Waals surface area contributed by atoms with E-state index in [9.17, 15) is 9.59 Å². The smallest absolute Gasteiger partial charge is 0.257 e. The number of anilines is 2. The van der Waals surface area contributed by atoms with E-state index in [1.807, 2.05) is 18.2 Å². The molecule has 1 aliphatic rings. The van der Waals surface area contributed by atoms with Crippen LogP contribution in [0.2, 0.25) is 0 Å². The number of piperidine rings is 1. The maximum absolute atomic E-state index is 13.0. The van der Waals surface area contributed by atoms with E-state index in [2.05, 4.69) is 32.7 Å². The van der Waals surface area contributed by atoms with E-state index in [1.165, 1.54) is 18.9 Å². The number of ether oxygens (including phenoxy) is 1. The first-order valence-electron chi connectivity index (χ1n) is 11.1. The van der Waals surface area contributed by atoms with Crippen LogP contribution in [-0.2, 0) is 11.3 Å². The Bertz CT molecular complexity index is 1090. The number of hydrogen-bond acceptors (Lipinski definition) is 5. The van der Waals surface area contributed by atoms with Crippen molar-refractivity contribution in [3.8, 4) is 5.75 Å². The average molecular weight is 445 g/mol. The van der Waals surface area contributed by atoms with Crippen molar-refractivity contribution in [2.75, 3.05) is 30.8 Å². The lowest BCUT2D eigenvalue weighted by molar-refractivity contribution is -0.121. The number of methoxy groups -OCH3 is 1. The lowest BCUT2D eigenvalue weighted by Gasteiger charge is -2.32. The molecule has 1 saturated heterocycles. The molecule has 0 spiro atoms. The molecule has 1 aromatic heterocycles. The zero-order chi connectivity index (χ0) is 23.0. The molecule has 0 radical (unpaired) electrons. The van der Waals surface area contributed by atoms with Crippen LogP contribution in [0.1, 0.15) is 28.8 Å². The minimum atomic E-state index is -0.279. The molecule has 1 aliphatic heterocycles. The van der Waals surface area contributed by atoms with Gasteiger partial charge in [0.15, 0.2) is 0 Å². The van der Waals surface area contributed by atoms with Crippen molar-refractivity contribution in [1.29, 1.82) is 0 Å². The second-order valence-corrected chi connectivity index (χ2v) is 8.16. The molecule has 1 unspecified atom stereocenters. The van der Waals surface area contributed by atoms with Gasteiger partial charge in [-0.3, -0.25) is 19.5 Å². The number of nitrogens with one attached hydrogen (secondary N) is 2. The largest absolute Gasteiger partial charge is 0.494 e. The molecule has 33 heavy (non-hydrogen) atoms. The van der Waals surface area contributed by atoms with Gasteiger partial charge in [-0.2, -0.15) is 0 Å². The van der Waals surface area contributed by atoms with Crippen LogP contribution in [0.4, 0.5) is 11.4 Å². The Morgan fingerprint density at radius 1 is 1.09 bits per heavy atom. The highest BCUT2D eigenvalue weighted by atomic mass is 16.5. The first kappa shape index (κ1) is 22.5. The van der Waals surface area contributed by atoms with Crippen molar-refractivity contribution in [3.63, 3.8) is 0 Å². The third-order valence-corrected chi connectivity index (χ3v) is 5.77. The van der Waals surface area contributed by atoms with Crippen LogP contribution in [0.3, 0.4) is 0 Å². The highest BCUT2D eigenvalue weighted by molar-refractivity contribution is 6.05. The number of amides is 2. The van der Waals surface area contributed by atoms with Gasteiger partial charge in [-0.05, 0) is 49.2 Å². The second-order valence-electron chi connectivity index (χ2n) is 8.16. The van der Waals surface area contributed by atoms with Gasteiger partial charge in [-0.15, -0.1) is 0 Å². The number of aromatic nitrogens is 1. The van der Waals surface area contributed by atoms with E-state index in [1.54, 1.807) is 36.5 Å². The summed E-state index contributed by atoms with van der Waals surface area (Å²) in [7, 11) is 1.53. The summed E-state index contributed by atoms with van der Waals surface area (Å²) in [6.07, 6.45) is 4.98. The van der Waals surface area contributed by atoms with E-state index in [0.29, 0.717) is 22.7 Å². The molecule has 2 N–H and O–H groups in total. The number of benzene rings is 2. The Morgan fingerprint density at radius 2 is 1.94 bits per heavy atom. The van der Waals surface area contributed by atoms with Crippen LogP contribution in [0.5, 0.6) is 5.75 Å². The van der Waals surface area contributed by atoms with Crippen LogP contribution in [0.15, 0.2) is 73.1 Å². The Labute approximate surface area is 193 Å². The van der Waals surface area contributed by atoms with Crippen LogP contribution < -0.4 is 15.4 Å². The first-order valence-corrected chi connectivity index (χ1v) is 11.1. The Balaban J connectivity index is 1.38. The van der Waals surface area contributed by atoms with E-state index in [0.717, 1.165) is 32.5 Å². The number of carbonyl (C=O) groups is 2. The maximum atomic E-state index is 13.0. The number of pyridine rings is 1. The van der Waals surface area contributed by atoms with Crippen molar-refractivity contribution in [2.45, 2.75) is 19.4 Å². The summed E-state index contributed by atoms with van der Waals surface area (Å²) < 4.78 is 5.44. The zero-order valence-electron chi connectivity index (χ0n) is 18.7. The van der Waals surface area contributed by atoms with Crippen LogP contribution in [-0.4, -0.2) is 41.9 Å². The quantitative estimate of drug-likeness (QED) is 0.571. The molecular formula is C26H28N4O3. The molecule has 3 aromatic rings. The summed E-state index contributed by atoms with van der Waals surface area (Å²) in [4.78, 5) is 31.7. The van der Waals surface area contributed by atoms with E-state index >= 15 is 0 Å². The van der Waals surface area contributed by atoms with Crippen molar-refractivity contribution in [1.82, 2.24) is 9.88 Å². The number of hydrogen-bond donors (Lipinski definition) is 2. The molecule has 0 saturated carbocycles. The predicted molar refractivity (Wildman–Crippen MR) is 128 cm³/mol. The Hall–Kier alpha value is -3.71. The molecule has 4 rings (SSSR count). The standard InChI is InChI=1S/C26H28N4O3/c1-33-24-15-22(11-12-23(24)29-25(31)20-9-5-13-27-16-20)28-26(32)21-10-6-14-30(18-21)17-19-7-3-2-4-8-19/h2-5,7-9,11-13,15-16,21H,6,10,14,17-18H2,1H3,(H,28,32)(H,29,31). The molecule has 2 heterocycles. The first-order chi connectivity index (χ1) is 16.1. The van der Waals surface area contributed by atoms with Gasteiger partial charge < -0.3 is 15.4 Å².